The fourth-order valence-corrected chi connectivity index (χ4v) is 0.587. The normalized spacial score (nSPS) is 11.9. The summed E-state index contributed by atoms with van der Waals surface area (Å²) in [6, 6.07) is 0. The molecule has 0 aromatic heterocycles. The largest absolute Gasteiger partial charge is 0.392 e. The number of carbonyl (C=O) groups excluding carboxylic acids is 2. The van der Waals surface area contributed by atoms with Crippen molar-refractivity contribution >= 4 is 11.8 Å². The van der Waals surface area contributed by atoms with Crippen molar-refractivity contribution in [1.82, 2.24) is 10.6 Å². The van der Waals surface area contributed by atoms with Gasteiger partial charge in [-0.05, 0) is 6.92 Å². The minimum absolute atomic E-state index is 0.0644. The Hall–Kier alpha value is -1.14. The Kier molecular flexibility index (Phi) is 5.82. The van der Waals surface area contributed by atoms with Gasteiger partial charge in [0.25, 0.3) is 0 Å². The topological polar surface area (TPSA) is 104 Å². The van der Waals surface area contributed by atoms with Crippen LogP contribution in [-0.4, -0.2) is 42.7 Å². The van der Waals surface area contributed by atoms with Crippen molar-refractivity contribution in [2.24, 2.45) is 5.73 Å². The summed E-state index contributed by atoms with van der Waals surface area (Å²) >= 11 is 0. The molecule has 0 aliphatic heterocycles. The van der Waals surface area contributed by atoms with Crippen LogP contribution in [0.3, 0.4) is 0 Å². The van der Waals surface area contributed by atoms with Crippen molar-refractivity contribution in [1.29, 1.82) is 0 Å². The van der Waals surface area contributed by atoms with E-state index in [0.29, 0.717) is 0 Å². The van der Waals surface area contributed by atoms with E-state index in [0.717, 1.165) is 0 Å². The zero-order valence-corrected chi connectivity index (χ0v) is 7.54. The molecule has 76 valence electrons. The molecule has 5 N–H and O–H groups in total. The Labute approximate surface area is 76.5 Å². The van der Waals surface area contributed by atoms with Gasteiger partial charge < -0.3 is 21.5 Å². The maximum Gasteiger partial charge on any atom is 0.309 e. The lowest BCUT2D eigenvalue weighted by Gasteiger charge is -2.06. The first-order valence-electron chi connectivity index (χ1n) is 4.02. The molecule has 0 saturated carbocycles. The summed E-state index contributed by atoms with van der Waals surface area (Å²) in [5.74, 6) is -1.49. The van der Waals surface area contributed by atoms with Gasteiger partial charge in [-0.25, -0.2) is 0 Å². The van der Waals surface area contributed by atoms with Gasteiger partial charge in [0.15, 0.2) is 0 Å². The van der Waals surface area contributed by atoms with E-state index >= 15 is 0 Å². The number of nitrogens with one attached hydrogen (secondary N) is 2. The first-order valence-corrected chi connectivity index (χ1v) is 4.02. The molecule has 0 aromatic rings. The van der Waals surface area contributed by atoms with Gasteiger partial charge >= 0.3 is 11.8 Å². The number of aliphatic hydroxyl groups excluding tert-OH is 1. The van der Waals surface area contributed by atoms with Crippen LogP contribution in [-0.2, 0) is 9.59 Å². The fourth-order valence-electron chi connectivity index (χ4n) is 0.587. The predicted octanol–water partition coefficient (Wildman–Crippen LogP) is -2.44. The maximum atomic E-state index is 10.9. The molecule has 0 spiro atoms. The smallest absolute Gasteiger partial charge is 0.309 e. The third kappa shape index (κ3) is 6.06. The monoisotopic (exact) mass is 189 g/mol. The molecule has 0 aliphatic carbocycles. The molecular formula is C7H15N3O3. The third-order valence-electron chi connectivity index (χ3n) is 1.19. The lowest BCUT2D eigenvalue weighted by molar-refractivity contribution is -0.139. The molecule has 0 fully saturated rings. The van der Waals surface area contributed by atoms with E-state index in [9.17, 15) is 9.59 Å². The van der Waals surface area contributed by atoms with Crippen molar-refractivity contribution in [2.75, 3.05) is 19.6 Å². The Morgan fingerprint density at radius 1 is 1.38 bits per heavy atom. The number of amides is 2. The zero-order chi connectivity index (χ0) is 10.3. The second-order valence-electron chi connectivity index (χ2n) is 2.60. The minimum atomic E-state index is -0.755. The average molecular weight is 189 g/mol. The van der Waals surface area contributed by atoms with Crippen LogP contribution >= 0.6 is 0 Å². The van der Waals surface area contributed by atoms with Crippen LogP contribution in [0.4, 0.5) is 0 Å². The minimum Gasteiger partial charge on any atom is -0.392 e. The molecule has 0 aliphatic rings. The Morgan fingerprint density at radius 3 is 2.38 bits per heavy atom. The van der Waals surface area contributed by atoms with Gasteiger partial charge in [0.2, 0.25) is 0 Å². The van der Waals surface area contributed by atoms with Crippen LogP contribution in [0.25, 0.3) is 0 Å². The third-order valence-corrected chi connectivity index (χ3v) is 1.19. The average Bonchev–Trinajstić information content (AvgIpc) is 2.10. The van der Waals surface area contributed by atoms with Gasteiger partial charge in [-0.15, -0.1) is 0 Å². The van der Waals surface area contributed by atoms with Crippen molar-refractivity contribution in [3.8, 4) is 0 Å². The number of aliphatic hydroxyl groups is 1. The molecule has 0 heterocycles. The highest BCUT2D eigenvalue weighted by Gasteiger charge is 2.11. The number of rotatable bonds is 4. The summed E-state index contributed by atoms with van der Waals surface area (Å²) in [7, 11) is 0. The fraction of sp³-hybridized carbons (Fsp3) is 0.714. The predicted molar refractivity (Wildman–Crippen MR) is 46.8 cm³/mol. The van der Waals surface area contributed by atoms with Crippen LogP contribution in [0.15, 0.2) is 0 Å². The van der Waals surface area contributed by atoms with Gasteiger partial charge in [0.1, 0.15) is 0 Å². The second-order valence-corrected chi connectivity index (χ2v) is 2.60. The van der Waals surface area contributed by atoms with E-state index in [1.165, 1.54) is 6.92 Å². The molecule has 0 radical (unpaired) electrons. The zero-order valence-electron chi connectivity index (χ0n) is 7.54. The van der Waals surface area contributed by atoms with Crippen molar-refractivity contribution in [2.45, 2.75) is 13.0 Å². The van der Waals surface area contributed by atoms with Gasteiger partial charge in [-0.2, -0.15) is 0 Å². The Bertz CT molecular complexity index is 182. The molecule has 0 saturated heterocycles. The first kappa shape index (κ1) is 11.9. The molecule has 1 atom stereocenters. The van der Waals surface area contributed by atoms with E-state index < -0.39 is 17.9 Å². The standard InChI is InChI=1S/C7H15N3O3/c1-5(11)4-10-7(13)6(12)9-3-2-8/h5,11H,2-4,8H2,1H3,(H,9,12)(H,10,13)/t5-/m1/s1. The molecule has 13 heavy (non-hydrogen) atoms. The van der Waals surface area contributed by atoms with Crippen molar-refractivity contribution < 1.29 is 14.7 Å². The summed E-state index contributed by atoms with van der Waals surface area (Å²) in [4.78, 5) is 21.7. The van der Waals surface area contributed by atoms with E-state index in [1.54, 1.807) is 0 Å². The van der Waals surface area contributed by atoms with Crippen LogP contribution in [0, 0.1) is 0 Å². The van der Waals surface area contributed by atoms with Gasteiger partial charge in [0, 0.05) is 19.6 Å². The van der Waals surface area contributed by atoms with Gasteiger partial charge in [-0.1, -0.05) is 0 Å². The Morgan fingerprint density at radius 2 is 1.92 bits per heavy atom. The summed E-state index contributed by atoms with van der Waals surface area (Å²) in [5.41, 5.74) is 5.11. The lowest BCUT2D eigenvalue weighted by atomic mass is 10.4. The van der Waals surface area contributed by atoms with Crippen molar-refractivity contribution in [3.63, 3.8) is 0 Å². The number of carbonyl (C=O) groups is 2. The van der Waals surface area contributed by atoms with E-state index in [1.807, 2.05) is 0 Å². The molecule has 0 aromatic carbocycles. The van der Waals surface area contributed by atoms with Crippen molar-refractivity contribution in [3.05, 3.63) is 0 Å². The van der Waals surface area contributed by atoms with E-state index in [4.69, 9.17) is 10.8 Å². The highest BCUT2D eigenvalue weighted by atomic mass is 16.3. The molecule has 0 unspecified atom stereocenters. The quantitative estimate of drug-likeness (QED) is 0.369. The maximum absolute atomic E-state index is 10.9. The summed E-state index contributed by atoms with van der Waals surface area (Å²) < 4.78 is 0. The number of nitrogens with two attached hydrogens (primary N) is 1. The summed E-state index contributed by atoms with van der Waals surface area (Å²) in [6.07, 6.45) is -0.661. The number of hydrogen-bond donors (Lipinski definition) is 4. The van der Waals surface area contributed by atoms with Crippen LogP contribution < -0.4 is 16.4 Å². The molecule has 2 amide bonds. The molecule has 6 heteroatoms. The SMILES string of the molecule is C[C@@H](O)CNC(=O)C(=O)NCCN. The molecule has 6 nitrogen and oxygen atoms in total. The molecule has 0 bridgehead atoms. The summed E-state index contributed by atoms with van der Waals surface area (Å²) in [5, 5.41) is 13.3. The van der Waals surface area contributed by atoms with Crippen LogP contribution in [0.5, 0.6) is 0 Å². The number of hydrogen-bond acceptors (Lipinski definition) is 4. The second kappa shape index (κ2) is 6.38. The van der Waals surface area contributed by atoms with E-state index in [-0.39, 0.29) is 19.6 Å². The molecule has 0 rings (SSSR count). The van der Waals surface area contributed by atoms with Crippen LogP contribution in [0.2, 0.25) is 0 Å². The molecular weight excluding hydrogens is 174 g/mol. The van der Waals surface area contributed by atoms with Gasteiger partial charge in [0.05, 0.1) is 6.10 Å². The summed E-state index contributed by atoms with van der Waals surface area (Å²) in [6.45, 7) is 2.13. The highest BCUT2D eigenvalue weighted by molar-refractivity contribution is 6.35. The first-order chi connectivity index (χ1) is 6.07. The highest BCUT2D eigenvalue weighted by Crippen LogP contribution is 1.75. The van der Waals surface area contributed by atoms with Crippen LogP contribution in [0.1, 0.15) is 6.92 Å². The van der Waals surface area contributed by atoms with Gasteiger partial charge in [-0.3, -0.25) is 9.59 Å². The van der Waals surface area contributed by atoms with E-state index in [2.05, 4.69) is 10.6 Å². The Balaban J connectivity index is 3.64. The lowest BCUT2D eigenvalue weighted by Crippen LogP contribution is -2.43.